The number of likely N-dealkylation sites (tertiary alicyclic amines) is 1. The molecule has 2 aliphatic rings. The molecule has 2 heterocycles. The highest BCUT2D eigenvalue weighted by atomic mass is 32.1. The summed E-state index contributed by atoms with van der Waals surface area (Å²) in [6.45, 7) is 2.46. The van der Waals surface area contributed by atoms with Gasteiger partial charge in [0.2, 0.25) is 5.91 Å². The highest BCUT2D eigenvalue weighted by Crippen LogP contribution is 2.20. The predicted octanol–water partition coefficient (Wildman–Crippen LogP) is 1.86. The van der Waals surface area contributed by atoms with Gasteiger partial charge in [-0.1, -0.05) is 12.2 Å². The zero-order valence-corrected chi connectivity index (χ0v) is 12.3. The number of nitrogens with zero attached hydrogens (tertiary/aromatic N) is 1. The maximum atomic E-state index is 12.1. The third kappa shape index (κ3) is 4.42. The number of amides is 1. The highest BCUT2D eigenvalue weighted by molar-refractivity contribution is 7.80. The van der Waals surface area contributed by atoms with Gasteiger partial charge in [-0.25, -0.2) is 0 Å². The van der Waals surface area contributed by atoms with E-state index in [1.54, 1.807) is 0 Å². The van der Waals surface area contributed by atoms with Crippen LogP contribution in [0.25, 0.3) is 0 Å². The lowest BCUT2D eigenvalue weighted by molar-refractivity contribution is -0.133. The van der Waals surface area contributed by atoms with E-state index in [-0.39, 0.29) is 5.91 Å². The number of thiocarbonyl (C=S) groups is 1. The Bertz CT molecular complexity index is 321. The Balaban J connectivity index is 1.67. The third-order valence-electron chi connectivity index (χ3n) is 4.20. The molecule has 2 fully saturated rings. The van der Waals surface area contributed by atoms with Gasteiger partial charge in [0.1, 0.15) is 0 Å². The number of carbonyl (C=O) groups excluding carboxylic acids is 1. The monoisotopic (exact) mass is 284 g/mol. The fourth-order valence-corrected chi connectivity index (χ4v) is 3.13. The van der Waals surface area contributed by atoms with Gasteiger partial charge in [-0.05, 0) is 38.5 Å². The average molecular weight is 284 g/mol. The summed E-state index contributed by atoms with van der Waals surface area (Å²) in [6.07, 6.45) is 7.12. The van der Waals surface area contributed by atoms with Gasteiger partial charge in [-0.3, -0.25) is 4.79 Å². The van der Waals surface area contributed by atoms with E-state index < -0.39 is 0 Å². The minimum Gasteiger partial charge on any atom is -0.393 e. The van der Waals surface area contributed by atoms with E-state index in [2.05, 4.69) is 0 Å². The predicted molar refractivity (Wildman–Crippen MR) is 78.9 cm³/mol. The van der Waals surface area contributed by atoms with Crippen LogP contribution in [-0.2, 0) is 9.53 Å². The normalized spacial score (nSPS) is 25.3. The van der Waals surface area contributed by atoms with E-state index in [4.69, 9.17) is 22.7 Å². The molecule has 1 unspecified atom stereocenters. The Morgan fingerprint density at radius 3 is 2.58 bits per heavy atom. The van der Waals surface area contributed by atoms with Crippen molar-refractivity contribution in [1.82, 2.24) is 4.90 Å². The van der Waals surface area contributed by atoms with Crippen molar-refractivity contribution in [2.75, 3.05) is 19.7 Å². The maximum Gasteiger partial charge on any atom is 0.222 e. The third-order valence-corrected chi connectivity index (χ3v) is 4.54. The summed E-state index contributed by atoms with van der Waals surface area (Å²) in [5.74, 6) is 0.580. The second kappa shape index (κ2) is 7.20. The van der Waals surface area contributed by atoms with E-state index in [0.29, 0.717) is 23.4 Å². The Morgan fingerprint density at radius 1 is 1.26 bits per heavy atom. The number of hydrogen-bond donors (Lipinski definition) is 1. The van der Waals surface area contributed by atoms with Crippen molar-refractivity contribution in [2.45, 2.75) is 51.0 Å². The topological polar surface area (TPSA) is 55.6 Å². The molecule has 0 aromatic heterocycles. The smallest absolute Gasteiger partial charge is 0.222 e. The minimum atomic E-state index is 0.260. The second-order valence-corrected chi connectivity index (χ2v) is 6.06. The van der Waals surface area contributed by atoms with Gasteiger partial charge < -0.3 is 15.4 Å². The van der Waals surface area contributed by atoms with Crippen LogP contribution in [-0.4, -0.2) is 41.6 Å². The first kappa shape index (κ1) is 14.7. The second-order valence-electron chi connectivity index (χ2n) is 5.58. The van der Waals surface area contributed by atoms with Crippen molar-refractivity contribution in [3.8, 4) is 0 Å². The summed E-state index contributed by atoms with van der Waals surface area (Å²) in [5, 5.41) is 0. The van der Waals surface area contributed by atoms with Crippen LogP contribution in [0.4, 0.5) is 0 Å². The molecule has 2 N–H and O–H groups in total. The molecule has 5 heteroatoms. The fourth-order valence-electron chi connectivity index (χ4n) is 2.89. The Hall–Kier alpha value is -0.680. The molecule has 2 rings (SSSR count). The standard InChI is InChI=1S/C14H24N2O2S/c15-14(19)11-6-8-16(9-7-11)13(17)5-4-12-3-1-2-10-18-12/h11-12H,1-10H2,(H2,15,19). The van der Waals surface area contributed by atoms with Crippen LogP contribution in [0.3, 0.4) is 0 Å². The number of nitrogens with two attached hydrogens (primary N) is 1. The molecule has 0 aliphatic carbocycles. The fraction of sp³-hybridized carbons (Fsp3) is 0.857. The van der Waals surface area contributed by atoms with Crippen LogP contribution in [0.2, 0.25) is 0 Å². The first-order valence-electron chi connectivity index (χ1n) is 7.35. The first-order valence-corrected chi connectivity index (χ1v) is 7.76. The zero-order chi connectivity index (χ0) is 13.7. The van der Waals surface area contributed by atoms with Crippen LogP contribution >= 0.6 is 12.2 Å². The van der Waals surface area contributed by atoms with Crippen molar-refractivity contribution < 1.29 is 9.53 Å². The number of piperidine rings is 1. The summed E-state index contributed by atoms with van der Waals surface area (Å²) in [4.78, 5) is 14.7. The Kier molecular flexibility index (Phi) is 5.58. The number of ether oxygens (including phenoxy) is 1. The lowest BCUT2D eigenvalue weighted by Crippen LogP contribution is -2.41. The Morgan fingerprint density at radius 2 is 2.00 bits per heavy atom. The quantitative estimate of drug-likeness (QED) is 0.801. The molecule has 0 aromatic rings. The molecule has 108 valence electrons. The molecule has 19 heavy (non-hydrogen) atoms. The SMILES string of the molecule is NC(=S)C1CCN(C(=O)CCC2CCCCO2)CC1. The van der Waals surface area contributed by atoms with Gasteiger partial charge in [-0.2, -0.15) is 0 Å². The lowest BCUT2D eigenvalue weighted by Gasteiger charge is -2.32. The van der Waals surface area contributed by atoms with Gasteiger partial charge in [0.15, 0.2) is 0 Å². The summed E-state index contributed by atoms with van der Waals surface area (Å²) < 4.78 is 5.66. The van der Waals surface area contributed by atoms with E-state index in [0.717, 1.165) is 51.8 Å². The summed E-state index contributed by atoms with van der Waals surface area (Å²) in [7, 11) is 0. The van der Waals surface area contributed by atoms with Gasteiger partial charge >= 0.3 is 0 Å². The molecule has 4 nitrogen and oxygen atoms in total. The molecule has 1 amide bonds. The first-order chi connectivity index (χ1) is 9.16. The summed E-state index contributed by atoms with van der Waals surface area (Å²) in [5.41, 5.74) is 5.66. The summed E-state index contributed by atoms with van der Waals surface area (Å²) in [6, 6.07) is 0. The van der Waals surface area contributed by atoms with Crippen molar-refractivity contribution in [3.63, 3.8) is 0 Å². The van der Waals surface area contributed by atoms with Crippen LogP contribution in [0.1, 0.15) is 44.9 Å². The number of rotatable bonds is 4. The van der Waals surface area contributed by atoms with E-state index in [9.17, 15) is 4.79 Å². The Labute approximate surface area is 120 Å². The van der Waals surface area contributed by atoms with Crippen LogP contribution < -0.4 is 5.73 Å². The molecule has 0 aromatic carbocycles. The van der Waals surface area contributed by atoms with Crippen LogP contribution in [0, 0.1) is 5.92 Å². The highest BCUT2D eigenvalue weighted by Gasteiger charge is 2.24. The van der Waals surface area contributed by atoms with E-state index in [1.165, 1.54) is 6.42 Å². The van der Waals surface area contributed by atoms with Gasteiger partial charge in [0.25, 0.3) is 0 Å². The molecule has 0 saturated carbocycles. The number of hydrogen-bond acceptors (Lipinski definition) is 3. The van der Waals surface area contributed by atoms with Crippen molar-refractivity contribution in [2.24, 2.45) is 11.7 Å². The minimum absolute atomic E-state index is 0.260. The van der Waals surface area contributed by atoms with Gasteiger partial charge in [0.05, 0.1) is 11.1 Å². The summed E-state index contributed by atoms with van der Waals surface area (Å²) >= 11 is 5.01. The van der Waals surface area contributed by atoms with Gasteiger partial charge in [-0.15, -0.1) is 0 Å². The molecular weight excluding hydrogens is 260 g/mol. The largest absolute Gasteiger partial charge is 0.393 e. The molecular formula is C14H24N2O2S. The van der Waals surface area contributed by atoms with Crippen molar-refractivity contribution in [3.05, 3.63) is 0 Å². The van der Waals surface area contributed by atoms with Crippen LogP contribution in [0.5, 0.6) is 0 Å². The van der Waals surface area contributed by atoms with Crippen molar-refractivity contribution in [1.29, 1.82) is 0 Å². The number of carbonyl (C=O) groups is 1. The van der Waals surface area contributed by atoms with Crippen LogP contribution in [0.15, 0.2) is 0 Å². The van der Waals surface area contributed by atoms with E-state index >= 15 is 0 Å². The molecule has 0 bridgehead atoms. The van der Waals surface area contributed by atoms with Crippen molar-refractivity contribution >= 4 is 23.1 Å². The molecule has 2 aliphatic heterocycles. The maximum absolute atomic E-state index is 12.1. The van der Waals surface area contributed by atoms with E-state index in [1.807, 2.05) is 4.90 Å². The molecule has 0 radical (unpaired) electrons. The molecule has 2 saturated heterocycles. The lowest BCUT2D eigenvalue weighted by atomic mass is 9.96. The van der Waals surface area contributed by atoms with Gasteiger partial charge in [0, 0.05) is 32.0 Å². The molecule has 1 atom stereocenters. The molecule has 0 spiro atoms. The zero-order valence-electron chi connectivity index (χ0n) is 11.5. The average Bonchev–Trinajstić information content (AvgIpc) is 2.46.